The Hall–Kier alpha value is -5.03. The van der Waals surface area contributed by atoms with Crippen molar-refractivity contribution in [3.63, 3.8) is 0 Å². The molecular formula is C39H58N8O9. The number of nitrogens with one attached hydrogen (secondary N) is 7. The molecule has 4 rings (SSSR count). The number of rotatable bonds is 15. The van der Waals surface area contributed by atoms with E-state index in [4.69, 9.17) is 4.74 Å². The largest absolute Gasteiger partial charge is 0.481 e. The van der Waals surface area contributed by atoms with Gasteiger partial charge in [-0.15, -0.1) is 0 Å². The maximum absolute atomic E-state index is 14.4. The SMILES string of the molecule is CNCCCC[C@H](NC)C(=O)OC1C[C@H]2C(=O)N[C@H](C(C)C)C(=O)N[C@@H](CC(C)C)C(=O)N[C@H](Cc3c[nH]c4ccccc34)C(=O)N[C@H](CC(=O)O)C(=O)N2C1. The summed E-state index contributed by atoms with van der Waals surface area (Å²) in [4.78, 5) is 100. The Morgan fingerprint density at radius 2 is 1.57 bits per heavy atom. The lowest BCUT2D eigenvalue weighted by atomic mass is 9.98. The van der Waals surface area contributed by atoms with Crippen LogP contribution < -0.4 is 31.9 Å². The van der Waals surface area contributed by atoms with Crippen molar-refractivity contribution in [3.8, 4) is 0 Å². The van der Waals surface area contributed by atoms with Gasteiger partial charge in [-0.2, -0.15) is 0 Å². The van der Waals surface area contributed by atoms with Gasteiger partial charge in [0, 0.05) is 29.9 Å². The quantitative estimate of drug-likeness (QED) is 0.0905. The summed E-state index contributed by atoms with van der Waals surface area (Å²) in [6, 6.07) is 0.214. The van der Waals surface area contributed by atoms with Crippen LogP contribution in [0.4, 0.5) is 0 Å². The number of nitrogens with zero attached hydrogens (tertiary/aromatic N) is 1. The summed E-state index contributed by atoms with van der Waals surface area (Å²) in [6.07, 6.45) is 1.98. The number of carboxylic acid groups (broad SMARTS) is 1. The van der Waals surface area contributed by atoms with Gasteiger partial charge in [-0.05, 0) is 63.4 Å². The molecule has 7 atom stereocenters. The molecule has 2 aliphatic rings. The van der Waals surface area contributed by atoms with Crippen LogP contribution in [0.1, 0.15) is 71.8 Å². The van der Waals surface area contributed by atoms with Crippen LogP contribution in [-0.4, -0.2) is 126 Å². The van der Waals surface area contributed by atoms with Crippen LogP contribution >= 0.6 is 0 Å². The van der Waals surface area contributed by atoms with Gasteiger partial charge in [0.1, 0.15) is 42.4 Å². The zero-order valence-corrected chi connectivity index (χ0v) is 33.1. The summed E-state index contributed by atoms with van der Waals surface area (Å²) >= 11 is 0. The summed E-state index contributed by atoms with van der Waals surface area (Å²) in [5.41, 5.74) is 1.46. The monoisotopic (exact) mass is 782 g/mol. The highest BCUT2D eigenvalue weighted by molar-refractivity contribution is 5.99. The number of aromatic amines is 1. The maximum Gasteiger partial charge on any atom is 0.323 e. The number of para-hydroxylation sites is 1. The number of hydrogen-bond donors (Lipinski definition) is 8. The van der Waals surface area contributed by atoms with E-state index in [0.717, 1.165) is 35.2 Å². The van der Waals surface area contributed by atoms with Crippen LogP contribution in [0, 0.1) is 11.8 Å². The minimum Gasteiger partial charge on any atom is -0.481 e. The molecule has 56 heavy (non-hydrogen) atoms. The topological polar surface area (TPSA) is 240 Å². The molecule has 1 aromatic carbocycles. The smallest absolute Gasteiger partial charge is 0.323 e. The molecule has 17 heteroatoms. The van der Waals surface area contributed by atoms with E-state index in [2.05, 4.69) is 36.9 Å². The van der Waals surface area contributed by atoms with E-state index in [-0.39, 0.29) is 31.7 Å². The van der Waals surface area contributed by atoms with E-state index in [1.54, 1.807) is 27.1 Å². The predicted molar refractivity (Wildman–Crippen MR) is 207 cm³/mol. The zero-order valence-electron chi connectivity index (χ0n) is 33.1. The Balaban J connectivity index is 1.73. The summed E-state index contributed by atoms with van der Waals surface area (Å²) in [5.74, 6) is -6.28. The predicted octanol–water partition coefficient (Wildman–Crippen LogP) is 0.330. The second-order valence-electron chi connectivity index (χ2n) is 15.4. The third kappa shape index (κ3) is 11.5. The Kier molecular flexibility index (Phi) is 15.8. The Bertz CT molecular complexity index is 1730. The molecule has 1 aromatic heterocycles. The van der Waals surface area contributed by atoms with Gasteiger partial charge < -0.3 is 51.6 Å². The molecule has 3 heterocycles. The zero-order chi connectivity index (χ0) is 41.1. The number of carbonyl (C=O) groups excluding carboxylic acids is 6. The van der Waals surface area contributed by atoms with Crippen LogP contribution in [0.2, 0.25) is 0 Å². The number of aliphatic carboxylic acids is 1. The van der Waals surface area contributed by atoms with Crippen molar-refractivity contribution in [1.82, 2.24) is 41.8 Å². The lowest BCUT2D eigenvalue weighted by Crippen LogP contribution is -2.59. The Morgan fingerprint density at radius 3 is 2.23 bits per heavy atom. The number of amides is 5. The molecule has 2 aromatic rings. The van der Waals surface area contributed by atoms with Crippen LogP contribution in [-0.2, 0) is 44.7 Å². The van der Waals surface area contributed by atoms with E-state index in [0.29, 0.717) is 12.0 Å². The van der Waals surface area contributed by atoms with Crippen molar-refractivity contribution in [2.45, 2.75) is 115 Å². The number of carboxylic acids is 1. The summed E-state index contributed by atoms with van der Waals surface area (Å²) < 4.78 is 5.84. The fraction of sp³-hybridized carbons (Fsp3) is 0.615. The molecule has 2 fully saturated rings. The van der Waals surface area contributed by atoms with Gasteiger partial charge in [0.2, 0.25) is 29.5 Å². The highest BCUT2D eigenvalue weighted by atomic mass is 16.5. The van der Waals surface area contributed by atoms with Gasteiger partial charge >= 0.3 is 11.9 Å². The number of ether oxygens (including phenoxy) is 1. The standard InChI is InChI=1S/C39H58N8O9/c1-21(2)15-28-34(50)43-29(16-23-19-42-26-12-8-7-11-25(23)26)35(51)45-30(18-32(48)49)38(54)47-20-24(56-39(55)27(41-6)13-9-10-14-40-5)17-31(47)36(52)46-33(22(3)4)37(53)44-28/h7-8,11-12,19,21-22,24,27-31,33,40-42H,9-10,13-18,20H2,1-6H3,(H,43,50)(H,44,53)(H,45,51)(H,46,52)(H,48,49)/t24?,27-,28-,29+,30+,31-,33+/m0/s1. The van der Waals surface area contributed by atoms with Crippen molar-refractivity contribution in [2.24, 2.45) is 11.8 Å². The lowest BCUT2D eigenvalue weighted by Gasteiger charge is -2.30. The van der Waals surface area contributed by atoms with Gasteiger partial charge in [0.25, 0.3) is 0 Å². The van der Waals surface area contributed by atoms with Crippen molar-refractivity contribution >= 4 is 52.4 Å². The highest BCUT2D eigenvalue weighted by Crippen LogP contribution is 2.25. The molecule has 2 saturated heterocycles. The normalized spacial score (nSPS) is 24.5. The highest BCUT2D eigenvalue weighted by Gasteiger charge is 2.46. The van der Waals surface area contributed by atoms with E-state index in [1.165, 1.54) is 0 Å². The number of esters is 1. The molecule has 2 aliphatic heterocycles. The lowest BCUT2D eigenvalue weighted by molar-refractivity contribution is -0.152. The average Bonchev–Trinajstić information content (AvgIpc) is 3.75. The van der Waals surface area contributed by atoms with Gasteiger partial charge in [-0.25, -0.2) is 0 Å². The molecule has 5 amide bonds. The average molecular weight is 783 g/mol. The molecule has 17 nitrogen and oxygen atoms in total. The maximum atomic E-state index is 14.4. The minimum atomic E-state index is -1.67. The number of unbranched alkanes of at least 4 members (excludes halogenated alkanes) is 1. The fourth-order valence-electron chi connectivity index (χ4n) is 7.25. The molecule has 308 valence electrons. The van der Waals surface area contributed by atoms with Crippen molar-refractivity contribution in [2.75, 3.05) is 27.2 Å². The van der Waals surface area contributed by atoms with Crippen LogP contribution in [0.3, 0.4) is 0 Å². The van der Waals surface area contributed by atoms with E-state index in [9.17, 15) is 38.7 Å². The second kappa shape index (κ2) is 20.2. The second-order valence-corrected chi connectivity index (χ2v) is 15.4. The van der Waals surface area contributed by atoms with Crippen LogP contribution in [0.25, 0.3) is 10.9 Å². The molecular weight excluding hydrogens is 724 g/mol. The van der Waals surface area contributed by atoms with Crippen molar-refractivity contribution in [1.29, 1.82) is 0 Å². The number of fused-ring (bicyclic) bond motifs is 2. The molecule has 0 saturated carbocycles. The molecule has 1 unspecified atom stereocenters. The number of likely N-dealkylation sites (N-methyl/N-ethyl adjacent to an activating group) is 1. The first-order valence-corrected chi connectivity index (χ1v) is 19.4. The van der Waals surface area contributed by atoms with Crippen LogP contribution in [0.15, 0.2) is 30.5 Å². The first-order chi connectivity index (χ1) is 26.6. The van der Waals surface area contributed by atoms with E-state index < -0.39 is 96.2 Å². The summed E-state index contributed by atoms with van der Waals surface area (Å²) in [5, 5.41) is 27.6. The van der Waals surface area contributed by atoms with Gasteiger partial charge in [0.15, 0.2) is 0 Å². The van der Waals surface area contributed by atoms with E-state index in [1.807, 2.05) is 45.2 Å². The number of aromatic nitrogens is 1. The van der Waals surface area contributed by atoms with Crippen molar-refractivity contribution in [3.05, 3.63) is 36.0 Å². The molecule has 0 bridgehead atoms. The Labute approximate surface area is 327 Å². The molecule has 0 radical (unpaired) electrons. The van der Waals surface area contributed by atoms with E-state index >= 15 is 0 Å². The number of carbonyl (C=O) groups is 7. The third-order valence-corrected chi connectivity index (χ3v) is 10.2. The van der Waals surface area contributed by atoms with Gasteiger partial charge in [-0.1, -0.05) is 52.3 Å². The minimum absolute atomic E-state index is 0.0431. The van der Waals surface area contributed by atoms with Gasteiger partial charge in [-0.3, -0.25) is 33.6 Å². The summed E-state index contributed by atoms with van der Waals surface area (Å²) in [7, 11) is 3.47. The Morgan fingerprint density at radius 1 is 0.893 bits per heavy atom. The molecule has 0 spiro atoms. The number of H-pyrrole nitrogens is 1. The van der Waals surface area contributed by atoms with Crippen molar-refractivity contribution < 1.29 is 43.4 Å². The molecule has 0 aliphatic carbocycles. The third-order valence-electron chi connectivity index (χ3n) is 10.2. The number of benzene rings is 1. The van der Waals surface area contributed by atoms with Crippen LogP contribution in [0.5, 0.6) is 0 Å². The first kappa shape index (κ1) is 43.7. The number of hydrogen-bond acceptors (Lipinski definition) is 10. The first-order valence-electron chi connectivity index (χ1n) is 19.4. The summed E-state index contributed by atoms with van der Waals surface area (Å²) in [6.45, 7) is 7.69. The molecule has 8 N–H and O–H groups in total. The van der Waals surface area contributed by atoms with Gasteiger partial charge in [0.05, 0.1) is 13.0 Å². The fourth-order valence-corrected chi connectivity index (χ4v) is 7.25.